The molecule has 0 fully saturated rings. The predicted octanol–water partition coefficient (Wildman–Crippen LogP) is 7.22. The Kier molecular flexibility index (Phi) is 4.32. The van der Waals surface area contributed by atoms with Crippen LogP contribution < -0.4 is 0 Å². The first kappa shape index (κ1) is 15.7. The molecule has 0 spiro atoms. The van der Waals surface area contributed by atoms with Gasteiger partial charge in [0.15, 0.2) is 0 Å². The summed E-state index contributed by atoms with van der Waals surface area (Å²) in [5, 5.41) is 4.19. The minimum absolute atomic E-state index is 1.18. The molecule has 24 heavy (non-hydrogen) atoms. The molecule has 1 nitrogen and oxygen atoms in total. The Hall–Kier alpha value is -1.80. The Morgan fingerprint density at radius 3 is 2.21 bits per heavy atom. The maximum atomic E-state index is 3.67. The van der Waals surface area contributed by atoms with Gasteiger partial charge in [-0.25, -0.2) is 0 Å². The smallest absolute Gasteiger partial charge is 0.102 e. The van der Waals surface area contributed by atoms with Gasteiger partial charge in [0.1, 0.15) is 4.83 Å². The standard InChI is InChI=1S/C22H25NS/c1-3-5-7-15-9-11-17-19(13-15)23-22-21(17)18-12-10-16(8-6-4-2)14-20(18)24-22/h9-14,23H,3-8H2,1-2H3. The molecule has 0 bridgehead atoms. The van der Waals surface area contributed by atoms with Crippen LogP contribution >= 0.6 is 11.3 Å². The summed E-state index contributed by atoms with van der Waals surface area (Å²) in [5.74, 6) is 0. The van der Waals surface area contributed by atoms with Crippen molar-refractivity contribution in [2.75, 3.05) is 0 Å². The Balaban J connectivity index is 1.79. The van der Waals surface area contributed by atoms with E-state index < -0.39 is 0 Å². The van der Waals surface area contributed by atoms with Crippen LogP contribution in [0.5, 0.6) is 0 Å². The van der Waals surface area contributed by atoms with E-state index in [9.17, 15) is 0 Å². The van der Waals surface area contributed by atoms with Crippen molar-refractivity contribution in [2.24, 2.45) is 0 Å². The molecule has 0 unspecified atom stereocenters. The molecule has 0 atom stereocenters. The van der Waals surface area contributed by atoms with Gasteiger partial charge in [0.2, 0.25) is 0 Å². The van der Waals surface area contributed by atoms with Gasteiger partial charge < -0.3 is 4.98 Å². The Morgan fingerprint density at radius 1 is 0.833 bits per heavy atom. The van der Waals surface area contributed by atoms with Crippen LogP contribution in [-0.2, 0) is 12.8 Å². The van der Waals surface area contributed by atoms with E-state index in [4.69, 9.17) is 0 Å². The van der Waals surface area contributed by atoms with Crippen molar-refractivity contribution in [2.45, 2.75) is 52.4 Å². The highest BCUT2D eigenvalue weighted by Crippen LogP contribution is 2.39. The van der Waals surface area contributed by atoms with Gasteiger partial charge in [-0.1, -0.05) is 51.0 Å². The second-order valence-corrected chi connectivity index (χ2v) is 7.90. The summed E-state index contributed by atoms with van der Waals surface area (Å²) in [4.78, 5) is 4.99. The van der Waals surface area contributed by atoms with Crippen molar-refractivity contribution in [3.63, 3.8) is 0 Å². The summed E-state index contributed by atoms with van der Waals surface area (Å²) < 4.78 is 1.42. The lowest BCUT2D eigenvalue weighted by molar-refractivity contribution is 0.796. The van der Waals surface area contributed by atoms with Gasteiger partial charge in [0.25, 0.3) is 0 Å². The number of thiophene rings is 1. The van der Waals surface area contributed by atoms with Crippen molar-refractivity contribution in [1.82, 2.24) is 4.98 Å². The zero-order valence-electron chi connectivity index (χ0n) is 14.6. The van der Waals surface area contributed by atoms with Crippen LogP contribution in [0.15, 0.2) is 36.4 Å². The maximum absolute atomic E-state index is 3.67. The normalized spacial score (nSPS) is 11.9. The fourth-order valence-electron chi connectivity index (χ4n) is 3.60. The van der Waals surface area contributed by atoms with E-state index in [2.05, 4.69) is 55.2 Å². The van der Waals surface area contributed by atoms with E-state index in [1.54, 1.807) is 0 Å². The molecule has 0 amide bonds. The third kappa shape index (κ3) is 2.73. The highest BCUT2D eigenvalue weighted by molar-refractivity contribution is 7.25. The number of aromatic amines is 1. The minimum Gasteiger partial charge on any atom is -0.346 e. The van der Waals surface area contributed by atoms with E-state index in [0.29, 0.717) is 0 Å². The van der Waals surface area contributed by atoms with Gasteiger partial charge in [-0.15, -0.1) is 11.3 Å². The third-order valence-corrected chi connectivity index (χ3v) is 6.06. The van der Waals surface area contributed by atoms with E-state index in [0.717, 1.165) is 0 Å². The van der Waals surface area contributed by atoms with Crippen LogP contribution in [0.25, 0.3) is 31.2 Å². The molecule has 0 aliphatic carbocycles. The van der Waals surface area contributed by atoms with Gasteiger partial charge in [-0.3, -0.25) is 0 Å². The maximum Gasteiger partial charge on any atom is 0.102 e. The third-order valence-electron chi connectivity index (χ3n) is 4.99. The first-order valence-electron chi connectivity index (χ1n) is 9.26. The van der Waals surface area contributed by atoms with Gasteiger partial charge in [0.05, 0.1) is 0 Å². The highest BCUT2D eigenvalue weighted by Gasteiger charge is 2.12. The second kappa shape index (κ2) is 6.60. The molecule has 0 saturated heterocycles. The Labute approximate surface area is 147 Å². The molecular formula is C22H25NS. The number of rotatable bonds is 6. The van der Waals surface area contributed by atoms with Gasteiger partial charge in [0, 0.05) is 26.4 Å². The van der Waals surface area contributed by atoms with E-state index in [1.807, 2.05) is 11.3 Å². The molecule has 1 N–H and O–H groups in total. The van der Waals surface area contributed by atoms with Crippen LogP contribution in [0.3, 0.4) is 0 Å². The number of hydrogen-bond acceptors (Lipinski definition) is 1. The molecule has 0 radical (unpaired) electrons. The predicted molar refractivity (Wildman–Crippen MR) is 108 cm³/mol. The fourth-order valence-corrected chi connectivity index (χ4v) is 4.80. The van der Waals surface area contributed by atoms with Gasteiger partial charge in [-0.05, 0) is 48.9 Å². The molecule has 0 saturated carbocycles. The molecule has 0 aliphatic rings. The van der Waals surface area contributed by atoms with Crippen LogP contribution in [-0.4, -0.2) is 4.98 Å². The van der Waals surface area contributed by atoms with Crippen molar-refractivity contribution >= 4 is 42.5 Å². The lowest BCUT2D eigenvalue weighted by Gasteiger charge is -2.01. The summed E-state index contributed by atoms with van der Waals surface area (Å²) in [7, 11) is 0. The number of H-pyrrole nitrogens is 1. The zero-order valence-corrected chi connectivity index (χ0v) is 15.4. The Morgan fingerprint density at radius 2 is 1.50 bits per heavy atom. The first-order chi connectivity index (χ1) is 11.8. The Bertz CT molecular complexity index is 912. The first-order valence-corrected chi connectivity index (χ1v) is 10.1. The van der Waals surface area contributed by atoms with Crippen LogP contribution in [0.2, 0.25) is 0 Å². The monoisotopic (exact) mass is 335 g/mol. The molecule has 2 heteroatoms. The lowest BCUT2D eigenvalue weighted by atomic mass is 10.0. The molecular weight excluding hydrogens is 310 g/mol. The lowest BCUT2D eigenvalue weighted by Crippen LogP contribution is -1.84. The van der Waals surface area contributed by atoms with E-state index in [1.165, 1.54) is 80.9 Å². The van der Waals surface area contributed by atoms with E-state index >= 15 is 0 Å². The molecule has 2 heterocycles. The topological polar surface area (TPSA) is 15.8 Å². The molecule has 2 aromatic carbocycles. The number of hydrogen-bond donors (Lipinski definition) is 1. The number of aromatic nitrogens is 1. The van der Waals surface area contributed by atoms with Gasteiger partial charge >= 0.3 is 0 Å². The van der Waals surface area contributed by atoms with E-state index in [-0.39, 0.29) is 0 Å². The zero-order chi connectivity index (χ0) is 16.5. The van der Waals surface area contributed by atoms with Crippen molar-refractivity contribution in [3.8, 4) is 0 Å². The largest absolute Gasteiger partial charge is 0.346 e. The summed E-state index contributed by atoms with van der Waals surface area (Å²) in [6, 6.07) is 14.0. The molecule has 124 valence electrons. The average Bonchev–Trinajstić information content (AvgIpc) is 3.12. The minimum atomic E-state index is 1.18. The molecule has 4 aromatic rings. The number of aryl methyl sites for hydroxylation is 2. The molecule has 2 aromatic heterocycles. The number of nitrogens with one attached hydrogen (secondary N) is 1. The number of benzene rings is 2. The molecule has 4 rings (SSSR count). The van der Waals surface area contributed by atoms with Crippen molar-refractivity contribution in [1.29, 1.82) is 0 Å². The summed E-state index contributed by atoms with van der Waals surface area (Å²) in [5.41, 5.74) is 4.21. The SMILES string of the molecule is CCCCc1ccc2c(c1)[nH]c1sc3cc(CCCC)ccc3c12. The van der Waals surface area contributed by atoms with Crippen molar-refractivity contribution in [3.05, 3.63) is 47.5 Å². The van der Waals surface area contributed by atoms with Gasteiger partial charge in [-0.2, -0.15) is 0 Å². The molecule has 0 aliphatic heterocycles. The van der Waals surface area contributed by atoms with Crippen LogP contribution in [0, 0.1) is 0 Å². The van der Waals surface area contributed by atoms with Crippen LogP contribution in [0.1, 0.15) is 50.7 Å². The number of fused-ring (bicyclic) bond motifs is 5. The second-order valence-electron chi connectivity index (χ2n) is 6.85. The van der Waals surface area contributed by atoms with Crippen molar-refractivity contribution < 1.29 is 0 Å². The quantitative estimate of drug-likeness (QED) is 0.383. The summed E-state index contributed by atoms with van der Waals surface area (Å²) in [6.45, 7) is 4.51. The highest BCUT2D eigenvalue weighted by atomic mass is 32.1. The summed E-state index contributed by atoms with van der Waals surface area (Å²) >= 11 is 1.90. The van der Waals surface area contributed by atoms with Crippen LogP contribution in [0.4, 0.5) is 0 Å². The number of unbranched alkanes of at least 4 members (excludes halogenated alkanes) is 2. The fraction of sp³-hybridized carbons (Fsp3) is 0.364. The summed E-state index contributed by atoms with van der Waals surface area (Å²) in [6.07, 6.45) is 7.43. The average molecular weight is 336 g/mol.